The van der Waals surface area contributed by atoms with E-state index in [4.69, 9.17) is 0 Å². The number of carbonyl (C=O) groups excluding carboxylic acids is 2. The van der Waals surface area contributed by atoms with Crippen molar-refractivity contribution < 1.29 is 31.2 Å². The molecular weight excluding hydrogens is 653 g/mol. The van der Waals surface area contributed by atoms with Crippen molar-refractivity contribution in [3.63, 3.8) is 0 Å². The molecule has 2 N–H and O–H groups in total. The SMILES string of the molecule is Cn1c(=O)n(C2CCC(=O)NC2=O)c2ccc(C3CCN(CCCS(=O)(=O)N4CCC(Nc5ncc(C(F)(F)F)cn5)CC4)CC3)cc21. The lowest BCUT2D eigenvalue weighted by atomic mass is 9.89. The van der Waals surface area contributed by atoms with Gasteiger partial charge in [-0.05, 0) is 81.8 Å². The standard InChI is InChI=1S/C31H39F3N8O5S/c1-39-26-17-21(3-4-24(26)42(30(39)45)25-5-6-27(43)38-28(25)44)20-7-12-40(13-8-20)11-2-16-48(46,47)41-14-9-23(10-15-41)37-29-35-18-22(19-36-29)31(32,33)34/h3-4,17-20,23,25H,2,5-16H2,1H3,(H,35,36,37)(H,38,43,44). The van der Waals surface area contributed by atoms with Crippen LogP contribution in [-0.4, -0.2) is 93.1 Å². The molecule has 0 radical (unpaired) electrons. The number of rotatable bonds is 9. The lowest BCUT2D eigenvalue weighted by molar-refractivity contribution is -0.138. The summed E-state index contributed by atoms with van der Waals surface area (Å²) in [4.78, 5) is 47.0. The van der Waals surface area contributed by atoms with Gasteiger partial charge >= 0.3 is 11.9 Å². The van der Waals surface area contributed by atoms with E-state index in [1.807, 2.05) is 18.2 Å². The zero-order valence-corrected chi connectivity index (χ0v) is 27.4. The highest BCUT2D eigenvalue weighted by Gasteiger charge is 2.33. The Hall–Kier alpha value is -3.83. The molecule has 3 aromatic rings. The van der Waals surface area contributed by atoms with Gasteiger partial charge in [0.1, 0.15) is 6.04 Å². The van der Waals surface area contributed by atoms with Gasteiger partial charge in [-0.2, -0.15) is 13.2 Å². The first-order valence-electron chi connectivity index (χ1n) is 16.2. The average Bonchev–Trinajstić information content (AvgIpc) is 3.30. The van der Waals surface area contributed by atoms with E-state index in [9.17, 15) is 36.0 Å². The number of anilines is 1. The quantitative estimate of drug-likeness (QED) is 0.323. The van der Waals surface area contributed by atoms with Gasteiger partial charge in [-0.15, -0.1) is 0 Å². The molecule has 0 aliphatic carbocycles. The van der Waals surface area contributed by atoms with Crippen LogP contribution in [0.2, 0.25) is 0 Å². The molecule has 6 rings (SSSR count). The minimum absolute atomic E-state index is 0.0436. The minimum Gasteiger partial charge on any atom is -0.351 e. The van der Waals surface area contributed by atoms with Gasteiger partial charge in [-0.3, -0.25) is 24.0 Å². The molecule has 1 aromatic carbocycles. The number of nitrogens with one attached hydrogen (secondary N) is 2. The molecule has 0 spiro atoms. The highest BCUT2D eigenvalue weighted by Crippen LogP contribution is 2.32. The first-order valence-corrected chi connectivity index (χ1v) is 17.8. The molecular formula is C31H39F3N8O5S. The van der Waals surface area contributed by atoms with Crippen LogP contribution in [0.4, 0.5) is 19.1 Å². The third kappa shape index (κ3) is 7.27. The summed E-state index contributed by atoms with van der Waals surface area (Å²) < 4.78 is 68.8. The molecule has 48 heavy (non-hydrogen) atoms. The summed E-state index contributed by atoms with van der Waals surface area (Å²) >= 11 is 0. The number of amides is 2. The van der Waals surface area contributed by atoms with Gasteiger partial charge < -0.3 is 10.2 Å². The zero-order chi connectivity index (χ0) is 34.2. The molecule has 5 heterocycles. The van der Waals surface area contributed by atoms with Crippen molar-refractivity contribution in [2.45, 2.75) is 69.1 Å². The van der Waals surface area contributed by atoms with Crippen molar-refractivity contribution in [1.82, 2.24) is 33.6 Å². The summed E-state index contributed by atoms with van der Waals surface area (Å²) in [6.45, 7) is 2.94. The van der Waals surface area contributed by atoms with Gasteiger partial charge in [0.05, 0.1) is 22.3 Å². The van der Waals surface area contributed by atoms with Crippen molar-refractivity contribution in [3.05, 3.63) is 52.2 Å². The van der Waals surface area contributed by atoms with Crippen LogP contribution in [0, 0.1) is 0 Å². The van der Waals surface area contributed by atoms with E-state index in [-0.39, 0.29) is 48.1 Å². The Morgan fingerprint density at radius 1 is 0.958 bits per heavy atom. The van der Waals surface area contributed by atoms with Crippen molar-refractivity contribution in [1.29, 1.82) is 0 Å². The minimum atomic E-state index is -4.51. The molecule has 3 aliphatic heterocycles. The van der Waals surface area contributed by atoms with Crippen LogP contribution in [0.5, 0.6) is 0 Å². The summed E-state index contributed by atoms with van der Waals surface area (Å²) in [5, 5.41) is 5.34. The Labute approximate surface area is 275 Å². The lowest BCUT2D eigenvalue weighted by Gasteiger charge is -2.33. The van der Waals surface area contributed by atoms with Gasteiger partial charge in [0.25, 0.3) is 0 Å². The largest absolute Gasteiger partial charge is 0.419 e. The predicted octanol–water partition coefficient (Wildman–Crippen LogP) is 2.60. The van der Waals surface area contributed by atoms with E-state index in [1.165, 1.54) is 8.87 Å². The molecule has 0 bridgehead atoms. The van der Waals surface area contributed by atoms with Crippen LogP contribution in [0.25, 0.3) is 11.0 Å². The molecule has 2 aromatic heterocycles. The van der Waals surface area contributed by atoms with Crippen LogP contribution >= 0.6 is 0 Å². The number of hydrogen-bond donors (Lipinski definition) is 2. The van der Waals surface area contributed by atoms with Crippen LogP contribution in [0.1, 0.15) is 68.0 Å². The number of nitrogens with zero attached hydrogens (tertiary/aromatic N) is 6. The number of fused-ring (bicyclic) bond motifs is 1. The second-order valence-corrected chi connectivity index (χ2v) is 14.9. The smallest absolute Gasteiger partial charge is 0.351 e. The molecule has 1 unspecified atom stereocenters. The monoisotopic (exact) mass is 692 g/mol. The van der Waals surface area contributed by atoms with Gasteiger partial charge in [0.15, 0.2) is 0 Å². The van der Waals surface area contributed by atoms with E-state index in [0.717, 1.165) is 49.4 Å². The van der Waals surface area contributed by atoms with Crippen LogP contribution in [0.3, 0.4) is 0 Å². The number of halogens is 3. The Balaban J connectivity index is 0.959. The number of aromatic nitrogens is 4. The highest BCUT2D eigenvalue weighted by atomic mass is 32.2. The van der Waals surface area contributed by atoms with Crippen LogP contribution < -0.4 is 16.3 Å². The van der Waals surface area contributed by atoms with Crippen molar-refractivity contribution in [2.75, 3.05) is 43.8 Å². The van der Waals surface area contributed by atoms with E-state index in [0.29, 0.717) is 44.4 Å². The van der Waals surface area contributed by atoms with Gasteiger partial charge in [-0.1, -0.05) is 6.07 Å². The van der Waals surface area contributed by atoms with E-state index in [1.54, 1.807) is 11.6 Å². The molecule has 1 atom stereocenters. The molecule has 3 saturated heterocycles. The molecule has 0 saturated carbocycles. The molecule has 13 nitrogen and oxygen atoms in total. The maximum Gasteiger partial charge on any atom is 0.419 e. The fourth-order valence-corrected chi connectivity index (χ4v) is 8.48. The second kappa shape index (κ2) is 13.6. The van der Waals surface area contributed by atoms with Crippen LogP contribution in [-0.2, 0) is 32.8 Å². The Morgan fingerprint density at radius 2 is 1.65 bits per heavy atom. The summed E-state index contributed by atoms with van der Waals surface area (Å²) in [7, 11) is -1.76. The fraction of sp³-hybridized carbons (Fsp3) is 0.581. The number of alkyl halides is 3. The lowest BCUT2D eigenvalue weighted by Crippen LogP contribution is -2.44. The summed E-state index contributed by atoms with van der Waals surface area (Å²) in [5.41, 5.74) is 1.29. The van der Waals surface area contributed by atoms with Crippen molar-refractivity contribution in [3.8, 4) is 0 Å². The van der Waals surface area contributed by atoms with E-state index in [2.05, 4.69) is 25.5 Å². The number of benzene rings is 1. The molecule has 3 fully saturated rings. The molecule has 3 aliphatic rings. The molecule has 17 heteroatoms. The summed E-state index contributed by atoms with van der Waals surface area (Å²) in [5.74, 6) is -0.377. The average molecular weight is 693 g/mol. The first-order chi connectivity index (χ1) is 22.8. The highest BCUT2D eigenvalue weighted by molar-refractivity contribution is 7.89. The number of hydrogen-bond acceptors (Lipinski definition) is 9. The maximum absolute atomic E-state index is 13.1. The van der Waals surface area contributed by atoms with Crippen molar-refractivity contribution in [2.24, 2.45) is 7.05 Å². The number of carbonyl (C=O) groups is 2. The van der Waals surface area contributed by atoms with E-state index >= 15 is 0 Å². The maximum atomic E-state index is 13.1. The Kier molecular flexibility index (Phi) is 9.64. The molecule has 2 amide bonds. The third-order valence-electron chi connectivity index (χ3n) is 9.73. The number of piperidine rings is 3. The van der Waals surface area contributed by atoms with E-state index < -0.39 is 33.7 Å². The summed E-state index contributed by atoms with van der Waals surface area (Å²) in [6.07, 6.45) is 0.706. The fourth-order valence-electron chi connectivity index (χ4n) is 6.96. The molecule has 260 valence electrons. The number of imidazole rings is 1. The van der Waals surface area contributed by atoms with Gasteiger partial charge in [-0.25, -0.2) is 27.5 Å². The third-order valence-corrected chi connectivity index (χ3v) is 11.7. The number of imide groups is 1. The summed E-state index contributed by atoms with van der Waals surface area (Å²) in [6, 6.07) is 5.05. The number of aryl methyl sites for hydroxylation is 1. The first kappa shape index (κ1) is 34.0. The predicted molar refractivity (Wildman–Crippen MR) is 171 cm³/mol. The number of likely N-dealkylation sites (tertiary alicyclic amines) is 1. The van der Waals surface area contributed by atoms with Crippen molar-refractivity contribution >= 4 is 38.8 Å². The van der Waals surface area contributed by atoms with Gasteiger partial charge in [0.2, 0.25) is 27.8 Å². The zero-order valence-electron chi connectivity index (χ0n) is 26.6. The normalized spacial score (nSPS) is 21.1. The Morgan fingerprint density at radius 3 is 2.29 bits per heavy atom. The van der Waals surface area contributed by atoms with Crippen LogP contribution in [0.15, 0.2) is 35.4 Å². The topological polar surface area (TPSA) is 152 Å². The van der Waals surface area contributed by atoms with Gasteiger partial charge in [0, 0.05) is 45.0 Å². The Bertz CT molecular complexity index is 1830. The number of sulfonamides is 1. The second-order valence-electron chi connectivity index (χ2n) is 12.8.